The van der Waals surface area contributed by atoms with Crippen molar-refractivity contribution in [2.24, 2.45) is 0 Å². The molecule has 1 aliphatic heterocycles. The molecule has 0 bridgehead atoms. The van der Waals surface area contributed by atoms with E-state index in [1.165, 1.54) is 22.2 Å². The van der Waals surface area contributed by atoms with Crippen LogP contribution in [-0.4, -0.2) is 47.9 Å². The van der Waals surface area contributed by atoms with Gasteiger partial charge in [0.25, 0.3) is 5.56 Å². The summed E-state index contributed by atoms with van der Waals surface area (Å²) < 4.78 is 12.5. The fourth-order valence-electron chi connectivity index (χ4n) is 2.76. The molecule has 136 valence electrons. The molecule has 0 aromatic carbocycles. The lowest BCUT2D eigenvalue weighted by atomic mass is 10.2. The summed E-state index contributed by atoms with van der Waals surface area (Å²) in [6.45, 7) is 2.98. The molecular formula is C17H23N3O4S. The fourth-order valence-corrected chi connectivity index (χ4v) is 3.48. The first-order valence-electron chi connectivity index (χ1n) is 8.63. The number of carbonyl (C=O) groups excluding carboxylic acids is 1. The zero-order valence-electron chi connectivity index (χ0n) is 14.1. The molecule has 1 saturated heterocycles. The Balaban J connectivity index is 1.31. The van der Waals surface area contributed by atoms with Gasteiger partial charge in [-0.2, -0.15) is 0 Å². The SMILES string of the molecule is O=C(CCn1cnc2sccc2c1=O)NCCCOCC1CCCO1. The van der Waals surface area contributed by atoms with Crippen molar-refractivity contribution in [3.8, 4) is 0 Å². The molecule has 25 heavy (non-hydrogen) atoms. The summed E-state index contributed by atoms with van der Waals surface area (Å²) in [5, 5.41) is 5.30. The maximum Gasteiger partial charge on any atom is 0.262 e. The Bertz CT molecular complexity index is 752. The predicted molar refractivity (Wildman–Crippen MR) is 95.9 cm³/mol. The largest absolute Gasteiger partial charge is 0.379 e. The number of thiophene rings is 1. The highest BCUT2D eigenvalue weighted by Gasteiger charge is 2.15. The zero-order valence-corrected chi connectivity index (χ0v) is 14.9. The third-order valence-corrected chi connectivity index (χ3v) is 4.97. The van der Waals surface area contributed by atoms with Crippen molar-refractivity contribution in [2.45, 2.75) is 38.3 Å². The second kappa shape index (κ2) is 9.07. The summed E-state index contributed by atoms with van der Waals surface area (Å²) in [6, 6.07) is 1.77. The van der Waals surface area contributed by atoms with E-state index in [0.717, 1.165) is 30.7 Å². The Labute approximate surface area is 150 Å². The second-order valence-corrected chi connectivity index (χ2v) is 6.94. The maximum absolute atomic E-state index is 12.2. The average Bonchev–Trinajstić information content (AvgIpc) is 3.29. The molecule has 1 atom stereocenters. The third-order valence-electron chi connectivity index (χ3n) is 4.15. The minimum absolute atomic E-state index is 0.0727. The molecule has 1 unspecified atom stereocenters. The smallest absolute Gasteiger partial charge is 0.262 e. The summed E-state index contributed by atoms with van der Waals surface area (Å²) in [6.07, 6.45) is 4.95. The highest BCUT2D eigenvalue weighted by atomic mass is 32.1. The molecule has 8 heteroatoms. The van der Waals surface area contributed by atoms with Gasteiger partial charge in [0.15, 0.2) is 0 Å². The topological polar surface area (TPSA) is 82.5 Å². The van der Waals surface area contributed by atoms with E-state index in [-0.39, 0.29) is 24.0 Å². The van der Waals surface area contributed by atoms with Crippen LogP contribution >= 0.6 is 11.3 Å². The van der Waals surface area contributed by atoms with E-state index < -0.39 is 0 Å². The van der Waals surface area contributed by atoms with Crippen LogP contribution in [0.4, 0.5) is 0 Å². The average molecular weight is 365 g/mol. The summed E-state index contributed by atoms with van der Waals surface area (Å²) in [4.78, 5) is 29.1. The third kappa shape index (κ3) is 5.10. The Morgan fingerprint density at radius 1 is 1.52 bits per heavy atom. The van der Waals surface area contributed by atoms with Gasteiger partial charge < -0.3 is 14.8 Å². The van der Waals surface area contributed by atoms with Crippen molar-refractivity contribution in [2.75, 3.05) is 26.4 Å². The highest BCUT2D eigenvalue weighted by molar-refractivity contribution is 7.16. The first-order chi connectivity index (χ1) is 12.2. The summed E-state index contributed by atoms with van der Waals surface area (Å²) in [7, 11) is 0. The van der Waals surface area contributed by atoms with Gasteiger partial charge in [0.05, 0.1) is 24.4 Å². The molecule has 2 aromatic heterocycles. The fraction of sp³-hybridized carbons (Fsp3) is 0.588. The molecule has 0 spiro atoms. The van der Waals surface area contributed by atoms with Crippen molar-refractivity contribution in [1.82, 2.24) is 14.9 Å². The van der Waals surface area contributed by atoms with Crippen molar-refractivity contribution >= 4 is 27.5 Å². The van der Waals surface area contributed by atoms with Gasteiger partial charge in [-0.25, -0.2) is 4.98 Å². The number of hydrogen-bond acceptors (Lipinski definition) is 6. The molecular weight excluding hydrogens is 342 g/mol. The van der Waals surface area contributed by atoms with Crippen LogP contribution < -0.4 is 10.9 Å². The molecule has 1 fully saturated rings. The number of aryl methyl sites for hydroxylation is 1. The van der Waals surface area contributed by atoms with Crippen LogP contribution in [0.25, 0.3) is 10.2 Å². The van der Waals surface area contributed by atoms with Crippen LogP contribution in [0.5, 0.6) is 0 Å². The van der Waals surface area contributed by atoms with E-state index in [9.17, 15) is 9.59 Å². The molecule has 1 aliphatic rings. The number of rotatable bonds is 9. The van der Waals surface area contributed by atoms with E-state index in [4.69, 9.17) is 9.47 Å². The second-order valence-electron chi connectivity index (χ2n) is 6.05. The van der Waals surface area contributed by atoms with Crippen molar-refractivity contribution in [1.29, 1.82) is 0 Å². The molecule has 0 radical (unpaired) electrons. The molecule has 2 aromatic rings. The number of hydrogen-bond donors (Lipinski definition) is 1. The first-order valence-corrected chi connectivity index (χ1v) is 9.50. The van der Waals surface area contributed by atoms with Crippen molar-refractivity contribution in [3.05, 3.63) is 28.1 Å². The van der Waals surface area contributed by atoms with Gasteiger partial charge in [-0.15, -0.1) is 11.3 Å². The minimum Gasteiger partial charge on any atom is -0.379 e. The van der Waals surface area contributed by atoms with Crippen LogP contribution in [-0.2, 0) is 20.8 Å². The van der Waals surface area contributed by atoms with Gasteiger partial charge in [0, 0.05) is 32.7 Å². The van der Waals surface area contributed by atoms with Crippen LogP contribution in [0.2, 0.25) is 0 Å². The lowest BCUT2D eigenvalue weighted by Gasteiger charge is -2.10. The molecule has 3 heterocycles. The standard InChI is InChI=1S/C17H23N3O4S/c21-15(18-6-2-8-23-11-13-3-1-9-24-13)4-7-20-12-19-16-14(17(20)22)5-10-25-16/h5,10,12-13H,1-4,6-9,11H2,(H,18,21). The Kier molecular flexibility index (Phi) is 6.55. The van der Waals surface area contributed by atoms with Gasteiger partial charge in [-0.3, -0.25) is 14.2 Å². The Hall–Kier alpha value is -1.77. The van der Waals surface area contributed by atoms with Crippen LogP contribution in [0, 0.1) is 0 Å². The predicted octanol–water partition coefficient (Wildman–Crippen LogP) is 1.55. The summed E-state index contributed by atoms with van der Waals surface area (Å²) >= 11 is 1.44. The van der Waals surface area contributed by atoms with Gasteiger partial charge in [-0.05, 0) is 30.7 Å². The van der Waals surface area contributed by atoms with Crippen LogP contribution in [0.1, 0.15) is 25.7 Å². The van der Waals surface area contributed by atoms with Gasteiger partial charge in [0.1, 0.15) is 4.83 Å². The van der Waals surface area contributed by atoms with Crippen molar-refractivity contribution in [3.63, 3.8) is 0 Å². The summed E-state index contributed by atoms with van der Waals surface area (Å²) in [5.41, 5.74) is -0.0958. The van der Waals surface area contributed by atoms with E-state index in [1.54, 1.807) is 6.07 Å². The van der Waals surface area contributed by atoms with Crippen LogP contribution in [0.3, 0.4) is 0 Å². The van der Waals surface area contributed by atoms with Gasteiger partial charge in [-0.1, -0.05) is 0 Å². The Morgan fingerprint density at radius 2 is 2.44 bits per heavy atom. The number of aromatic nitrogens is 2. The number of nitrogens with one attached hydrogen (secondary N) is 1. The summed E-state index contributed by atoms with van der Waals surface area (Å²) in [5.74, 6) is -0.0727. The number of nitrogens with zero attached hydrogens (tertiary/aromatic N) is 2. The molecule has 7 nitrogen and oxygen atoms in total. The lowest BCUT2D eigenvalue weighted by molar-refractivity contribution is -0.121. The number of amides is 1. The molecule has 0 aliphatic carbocycles. The zero-order chi connectivity index (χ0) is 17.5. The number of carbonyl (C=O) groups is 1. The first kappa shape index (κ1) is 18.0. The monoisotopic (exact) mass is 365 g/mol. The van der Waals surface area contributed by atoms with Crippen molar-refractivity contribution < 1.29 is 14.3 Å². The lowest BCUT2D eigenvalue weighted by Crippen LogP contribution is -2.28. The van der Waals surface area contributed by atoms with E-state index >= 15 is 0 Å². The van der Waals surface area contributed by atoms with E-state index in [0.29, 0.717) is 31.7 Å². The number of fused-ring (bicyclic) bond motifs is 1. The number of ether oxygens (including phenoxy) is 2. The minimum atomic E-state index is -0.0958. The molecule has 3 rings (SSSR count). The molecule has 1 N–H and O–H groups in total. The van der Waals surface area contributed by atoms with Gasteiger partial charge >= 0.3 is 0 Å². The van der Waals surface area contributed by atoms with Gasteiger partial charge in [0.2, 0.25) is 5.91 Å². The maximum atomic E-state index is 12.2. The normalized spacial score (nSPS) is 17.2. The quantitative estimate of drug-likeness (QED) is 0.682. The highest BCUT2D eigenvalue weighted by Crippen LogP contribution is 2.13. The molecule has 1 amide bonds. The Morgan fingerprint density at radius 3 is 3.28 bits per heavy atom. The van der Waals surface area contributed by atoms with E-state index in [2.05, 4.69) is 10.3 Å². The van der Waals surface area contributed by atoms with Crippen LogP contribution in [0.15, 0.2) is 22.6 Å². The molecule has 0 saturated carbocycles. The van der Waals surface area contributed by atoms with E-state index in [1.807, 2.05) is 5.38 Å².